The van der Waals surface area contributed by atoms with Crippen LogP contribution in [-0.2, 0) is 4.79 Å². The first kappa shape index (κ1) is 18.4. The number of anilines is 1. The third kappa shape index (κ3) is 3.75. The molecule has 1 aliphatic heterocycles. The first-order valence-electron chi connectivity index (χ1n) is 8.37. The normalized spacial score (nSPS) is 20.2. The summed E-state index contributed by atoms with van der Waals surface area (Å²) in [5.41, 5.74) is 0.866. The van der Waals surface area contributed by atoms with E-state index in [1.54, 1.807) is 6.33 Å². The molecule has 2 aromatic heterocycles. The highest BCUT2D eigenvalue weighted by atomic mass is 31.0. The van der Waals surface area contributed by atoms with Gasteiger partial charge in [-0.25, -0.2) is 9.97 Å². The van der Waals surface area contributed by atoms with E-state index in [0.717, 1.165) is 29.7 Å². The van der Waals surface area contributed by atoms with E-state index in [-0.39, 0.29) is 18.0 Å². The van der Waals surface area contributed by atoms with Crippen LogP contribution in [0.15, 0.2) is 31.2 Å². The van der Waals surface area contributed by atoms with Gasteiger partial charge in [0, 0.05) is 24.8 Å². The zero-order valence-electron chi connectivity index (χ0n) is 14.6. The molecule has 2 aromatic rings. The summed E-state index contributed by atoms with van der Waals surface area (Å²) in [6, 6.07) is 2.43. The molecule has 7 heteroatoms. The van der Waals surface area contributed by atoms with Crippen molar-refractivity contribution in [2.75, 3.05) is 11.9 Å². The number of nitrogens with one attached hydrogen (secondary N) is 1. The molecular formula is C17H26N5OP. The van der Waals surface area contributed by atoms with Gasteiger partial charge in [-0.15, -0.1) is 0 Å². The fraction of sp³-hybridized carbons (Fsp3) is 0.471. The van der Waals surface area contributed by atoms with Crippen molar-refractivity contribution >= 4 is 32.1 Å². The van der Waals surface area contributed by atoms with E-state index < -0.39 is 0 Å². The Bertz CT molecular complexity index is 714. The fourth-order valence-electron chi connectivity index (χ4n) is 2.93. The summed E-state index contributed by atoms with van der Waals surface area (Å²) in [5.74, 6) is 0.805. The molecule has 3 heterocycles. The molecule has 6 nitrogen and oxygen atoms in total. The molecular weight excluding hydrogens is 321 g/mol. The number of amides is 1. The number of rotatable bonds is 3. The van der Waals surface area contributed by atoms with Crippen molar-refractivity contribution in [1.29, 1.82) is 0 Å². The highest BCUT2D eigenvalue weighted by molar-refractivity contribution is 7.14. The van der Waals surface area contributed by atoms with Gasteiger partial charge in [0.15, 0.2) is 0 Å². The maximum absolute atomic E-state index is 11.9. The lowest BCUT2D eigenvalue weighted by Crippen LogP contribution is -2.49. The van der Waals surface area contributed by atoms with Gasteiger partial charge >= 0.3 is 0 Å². The second-order valence-electron chi connectivity index (χ2n) is 5.64. The van der Waals surface area contributed by atoms with Crippen molar-refractivity contribution in [2.45, 2.75) is 45.7 Å². The topological polar surface area (TPSA) is 63.1 Å². The molecule has 0 radical (unpaired) electrons. The molecule has 0 aromatic carbocycles. The standard InChI is InChI=1S/C15H20N5OP.C2H6/c1-3-13(21)19-8-11(5-4-10(19)2)18-14-12-6-7-20(22)15(12)17-9-16-14;1-2/h3,6-7,9-11H,1,4-5,8,22H2,2H3,(H,16,17,18);1-2H3. The highest BCUT2D eigenvalue weighted by Crippen LogP contribution is 2.25. The smallest absolute Gasteiger partial charge is 0.246 e. The summed E-state index contributed by atoms with van der Waals surface area (Å²) in [6.07, 6.45) is 6.86. The zero-order chi connectivity index (χ0) is 17.7. The molecule has 1 N–H and O–H groups in total. The Labute approximate surface area is 145 Å². The van der Waals surface area contributed by atoms with E-state index in [4.69, 9.17) is 0 Å². The third-order valence-corrected chi connectivity index (χ3v) is 4.61. The molecule has 3 unspecified atom stereocenters. The molecule has 1 fully saturated rings. The minimum Gasteiger partial charge on any atom is -0.365 e. The fourth-order valence-corrected chi connectivity index (χ4v) is 3.22. The Morgan fingerprint density at radius 1 is 1.42 bits per heavy atom. The predicted octanol–water partition coefficient (Wildman–Crippen LogP) is 3.07. The van der Waals surface area contributed by atoms with Crippen molar-refractivity contribution in [3.05, 3.63) is 31.2 Å². The van der Waals surface area contributed by atoms with Crippen LogP contribution in [0.5, 0.6) is 0 Å². The maximum Gasteiger partial charge on any atom is 0.246 e. The Morgan fingerprint density at radius 3 is 2.88 bits per heavy atom. The van der Waals surface area contributed by atoms with Crippen molar-refractivity contribution in [2.24, 2.45) is 0 Å². The minimum atomic E-state index is -0.0112. The molecule has 3 rings (SSSR count). The van der Waals surface area contributed by atoms with Crippen LogP contribution in [0.25, 0.3) is 11.0 Å². The summed E-state index contributed by atoms with van der Waals surface area (Å²) in [7, 11) is 2.61. The van der Waals surface area contributed by atoms with Gasteiger partial charge in [-0.05, 0) is 41.3 Å². The Morgan fingerprint density at radius 2 is 2.17 bits per heavy atom. The number of hydrogen-bond acceptors (Lipinski definition) is 4. The van der Waals surface area contributed by atoms with Crippen LogP contribution in [0, 0.1) is 0 Å². The molecule has 1 saturated heterocycles. The molecule has 0 spiro atoms. The number of fused-ring (bicyclic) bond motifs is 1. The van der Waals surface area contributed by atoms with Crippen LogP contribution >= 0.6 is 9.39 Å². The van der Waals surface area contributed by atoms with Crippen molar-refractivity contribution < 1.29 is 4.79 Å². The summed E-state index contributed by atoms with van der Waals surface area (Å²) in [6.45, 7) is 10.3. The summed E-state index contributed by atoms with van der Waals surface area (Å²) in [4.78, 5) is 22.4. The largest absolute Gasteiger partial charge is 0.365 e. The number of piperidine rings is 1. The average molecular weight is 347 g/mol. The molecule has 0 aliphatic carbocycles. The third-order valence-electron chi connectivity index (χ3n) is 4.19. The monoisotopic (exact) mass is 347 g/mol. The summed E-state index contributed by atoms with van der Waals surface area (Å²) in [5, 5.41) is 4.45. The van der Waals surface area contributed by atoms with E-state index in [0.29, 0.717) is 6.54 Å². The first-order valence-corrected chi connectivity index (χ1v) is 8.88. The van der Waals surface area contributed by atoms with Gasteiger partial charge in [0.1, 0.15) is 17.8 Å². The number of aromatic nitrogens is 3. The van der Waals surface area contributed by atoms with Gasteiger partial charge in [-0.3, -0.25) is 4.79 Å². The molecule has 24 heavy (non-hydrogen) atoms. The highest BCUT2D eigenvalue weighted by Gasteiger charge is 2.28. The average Bonchev–Trinajstić information content (AvgIpc) is 3.00. The predicted molar refractivity (Wildman–Crippen MR) is 102 cm³/mol. The second kappa shape index (κ2) is 8.25. The van der Waals surface area contributed by atoms with Gasteiger partial charge in [-0.2, -0.15) is 0 Å². The van der Waals surface area contributed by atoms with E-state index in [1.807, 2.05) is 35.3 Å². The molecule has 0 saturated carbocycles. The molecule has 3 atom stereocenters. The minimum absolute atomic E-state index is 0.0112. The van der Waals surface area contributed by atoms with E-state index in [1.165, 1.54) is 6.08 Å². The number of nitrogens with zero attached hydrogens (tertiary/aromatic N) is 4. The molecule has 1 amide bonds. The lowest BCUT2D eigenvalue weighted by molar-refractivity contribution is -0.129. The Balaban J connectivity index is 0.00000100. The SMILES string of the molecule is C=CC(=O)N1CC(Nc2ncnc3c2ccn3P)CCC1C.CC. The van der Waals surface area contributed by atoms with Crippen LogP contribution < -0.4 is 5.32 Å². The van der Waals surface area contributed by atoms with Gasteiger partial charge in [-0.1, -0.05) is 20.4 Å². The van der Waals surface area contributed by atoms with Crippen LogP contribution in [0.2, 0.25) is 0 Å². The lowest BCUT2D eigenvalue weighted by atomic mass is 9.99. The van der Waals surface area contributed by atoms with Gasteiger partial charge in [0.2, 0.25) is 5.91 Å². The van der Waals surface area contributed by atoms with Crippen LogP contribution in [-0.4, -0.2) is 43.7 Å². The van der Waals surface area contributed by atoms with Crippen molar-refractivity contribution in [3.8, 4) is 0 Å². The summed E-state index contributed by atoms with van der Waals surface area (Å²) < 4.78 is 1.89. The van der Waals surface area contributed by atoms with Crippen molar-refractivity contribution in [1.82, 2.24) is 19.2 Å². The van der Waals surface area contributed by atoms with Gasteiger partial charge < -0.3 is 14.6 Å². The maximum atomic E-state index is 11.9. The second-order valence-corrected chi connectivity index (χ2v) is 6.20. The van der Waals surface area contributed by atoms with Gasteiger partial charge in [0.05, 0.1) is 5.39 Å². The van der Waals surface area contributed by atoms with Crippen LogP contribution in [0.3, 0.4) is 0 Å². The quantitative estimate of drug-likeness (QED) is 0.685. The molecule has 1 aliphatic rings. The first-order chi connectivity index (χ1) is 11.6. The van der Waals surface area contributed by atoms with E-state index in [2.05, 4.69) is 38.2 Å². The van der Waals surface area contributed by atoms with Crippen LogP contribution in [0.4, 0.5) is 5.82 Å². The Hall–Kier alpha value is -1.94. The Kier molecular flexibility index (Phi) is 6.32. The molecule has 0 bridgehead atoms. The van der Waals surface area contributed by atoms with E-state index >= 15 is 0 Å². The molecule has 130 valence electrons. The van der Waals surface area contributed by atoms with Crippen molar-refractivity contribution in [3.63, 3.8) is 0 Å². The number of hydrogen-bond donors (Lipinski definition) is 1. The van der Waals surface area contributed by atoms with E-state index in [9.17, 15) is 4.79 Å². The zero-order valence-corrected chi connectivity index (χ0v) is 15.7. The van der Waals surface area contributed by atoms with Crippen LogP contribution in [0.1, 0.15) is 33.6 Å². The van der Waals surface area contributed by atoms with Gasteiger partial charge in [0.25, 0.3) is 0 Å². The number of carbonyl (C=O) groups is 1. The lowest BCUT2D eigenvalue weighted by Gasteiger charge is -2.38. The number of likely N-dealkylation sites (tertiary alicyclic amines) is 1. The number of carbonyl (C=O) groups excluding carboxylic acids is 1. The summed E-state index contributed by atoms with van der Waals surface area (Å²) >= 11 is 0.